The van der Waals surface area contributed by atoms with E-state index in [1.165, 1.54) is 0 Å². The van der Waals surface area contributed by atoms with E-state index in [2.05, 4.69) is 11.8 Å². The first-order valence-corrected chi connectivity index (χ1v) is 10.8. The zero-order valence-corrected chi connectivity index (χ0v) is 16.3. The maximum atomic E-state index is 12.9. The molecule has 2 rings (SSSR count). The van der Waals surface area contributed by atoms with Gasteiger partial charge in [-0.25, -0.2) is 8.42 Å². The second-order valence-corrected chi connectivity index (χ2v) is 8.91. The van der Waals surface area contributed by atoms with Crippen molar-refractivity contribution in [3.05, 3.63) is 29.8 Å². The fraction of sp³-hybridized carbons (Fsp3) is 0.667. The molecule has 1 aromatic carbocycles. The molecule has 0 unspecified atom stereocenters. The Labute approximate surface area is 151 Å². The van der Waals surface area contributed by atoms with Crippen LogP contribution >= 0.6 is 11.6 Å². The van der Waals surface area contributed by atoms with Gasteiger partial charge in [0, 0.05) is 19.0 Å². The molecule has 0 atom stereocenters. The van der Waals surface area contributed by atoms with E-state index in [1.807, 2.05) is 12.1 Å². The van der Waals surface area contributed by atoms with Crippen molar-refractivity contribution in [2.24, 2.45) is 0 Å². The van der Waals surface area contributed by atoms with Crippen LogP contribution in [0.15, 0.2) is 29.2 Å². The van der Waals surface area contributed by atoms with Crippen LogP contribution in [0, 0.1) is 0 Å². The van der Waals surface area contributed by atoms with Crippen molar-refractivity contribution in [2.45, 2.75) is 50.0 Å². The Bertz CT molecular complexity index is 596. The van der Waals surface area contributed by atoms with E-state index in [-0.39, 0.29) is 6.04 Å². The van der Waals surface area contributed by atoms with Gasteiger partial charge in [-0.1, -0.05) is 19.1 Å². The number of likely N-dealkylation sites (tertiary alicyclic amines) is 1. The average Bonchev–Trinajstić information content (AvgIpc) is 2.60. The molecular weight excluding hydrogens is 344 g/mol. The number of halogens is 1. The Kier molecular flexibility index (Phi) is 7.54. The van der Waals surface area contributed by atoms with E-state index in [4.69, 9.17) is 11.6 Å². The summed E-state index contributed by atoms with van der Waals surface area (Å²) in [7, 11) is -1.70. The molecule has 0 N–H and O–H groups in total. The van der Waals surface area contributed by atoms with Crippen LogP contribution in [-0.2, 0) is 16.4 Å². The Balaban J connectivity index is 2.01. The molecule has 0 amide bonds. The van der Waals surface area contributed by atoms with Crippen molar-refractivity contribution in [1.29, 1.82) is 0 Å². The predicted molar refractivity (Wildman–Crippen MR) is 100 cm³/mol. The molecule has 6 heteroatoms. The molecule has 0 radical (unpaired) electrons. The zero-order chi connectivity index (χ0) is 17.6. The molecule has 0 bridgehead atoms. The number of alkyl halides is 1. The van der Waals surface area contributed by atoms with Gasteiger partial charge in [0.15, 0.2) is 0 Å². The molecule has 1 aliphatic rings. The van der Waals surface area contributed by atoms with Gasteiger partial charge in [-0.15, -0.1) is 11.6 Å². The molecule has 0 spiro atoms. The fourth-order valence-electron chi connectivity index (χ4n) is 3.28. The fourth-order valence-corrected chi connectivity index (χ4v) is 4.83. The summed E-state index contributed by atoms with van der Waals surface area (Å²) in [6.07, 6.45) is 4.75. The highest BCUT2D eigenvalue weighted by Gasteiger charge is 2.30. The topological polar surface area (TPSA) is 40.6 Å². The Hall–Kier alpha value is -0.620. The minimum absolute atomic E-state index is 0.0963. The SMILES string of the molecule is CCCN1CCC(N(C)S(=O)(=O)c2ccc(CCCCl)cc2)CC1. The van der Waals surface area contributed by atoms with Crippen LogP contribution in [-0.4, -0.2) is 56.2 Å². The van der Waals surface area contributed by atoms with Gasteiger partial charge in [-0.05, 0) is 69.4 Å². The van der Waals surface area contributed by atoms with Crippen molar-refractivity contribution in [1.82, 2.24) is 9.21 Å². The van der Waals surface area contributed by atoms with Crippen LogP contribution in [0.5, 0.6) is 0 Å². The summed E-state index contributed by atoms with van der Waals surface area (Å²) in [6.45, 7) is 5.25. The number of hydrogen-bond donors (Lipinski definition) is 0. The van der Waals surface area contributed by atoms with Crippen LogP contribution in [0.1, 0.15) is 38.2 Å². The maximum absolute atomic E-state index is 12.9. The van der Waals surface area contributed by atoms with E-state index in [9.17, 15) is 8.42 Å². The Morgan fingerprint density at radius 3 is 2.38 bits per heavy atom. The molecule has 4 nitrogen and oxygen atoms in total. The van der Waals surface area contributed by atoms with Gasteiger partial charge < -0.3 is 4.90 Å². The standard InChI is InChI=1S/C18H29ClN2O2S/c1-3-13-21-14-10-17(11-15-21)20(2)24(22,23)18-8-6-16(7-9-18)5-4-12-19/h6-9,17H,3-5,10-15H2,1-2H3. The lowest BCUT2D eigenvalue weighted by molar-refractivity contribution is 0.170. The summed E-state index contributed by atoms with van der Waals surface area (Å²) in [4.78, 5) is 2.80. The highest BCUT2D eigenvalue weighted by molar-refractivity contribution is 7.89. The normalized spacial score (nSPS) is 17.5. The Morgan fingerprint density at radius 2 is 1.83 bits per heavy atom. The molecule has 0 aliphatic carbocycles. The van der Waals surface area contributed by atoms with Crippen molar-refractivity contribution in [2.75, 3.05) is 32.6 Å². The second kappa shape index (κ2) is 9.18. The molecule has 1 aromatic rings. The number of nitrogens with zero attached hydrogens (tertiary/aromatic N) is 2. The first kappa shape index (κ1) is 19.7. The summed E-state index contributed by atoms with van der Waals surface area (Å²) in [5.74, 6) is 0.625. The Morgan fingerprint density at radius 1 is 1.21 bits per heavy atom. The first-order valence-electron chi connectivity index (χ1n) is 8.84. The number of rotatable bonds is 8. The van der Waals surface area contributed by atoms with Crippen molar-refractivity contribution >= 4 is 21.6 Å². The zero-order valence-electron chi connectivity index (χ0n) is 14.7. The number of piperidine rings is 1. The summed E-state index contributed by atoms with van der Waals surface area (Å²) in [5.41, 5.74) is 1.13. The third kappa shape index (κ3) is 4.94. The minimum Gasteiger partial charge on any atom is -0.303 e. The van der Waals surface area contributed by atoms with Crippen molar-refractivity contribution < 1.29 is 8.42 Å². The molecule has 1 aliphatic heterocycles. The third-order valence-electron chi connectivity index (χ3n) is 4.81. The predicted octanol–water partition coefficient (Wildman–Crippen LogP) is 3.35. The summed E-state index contributed by atoms with van der Waals surface area (Å²) < 4.78 is 27.3. The number of hydrogen-bond acceptors (Lipinski definition) is 3. The summed E-state index contributed by atoms with van der Waals surface area (Å²) in [5, 5.41) is 0. The quantitative estimate of drug-likeness (QED) is 0.657. The van der Waals surface area contributed by atoms with Gasteiger partial charge in [-0.2, -0.15) is 4.31 Å². The van der Waals surface area contributed by atoms with Crippen LogP contribution < -0.4 is 0 Å². The van der Waals surface area contributed by atoms with Crippen LogP contribution in [0.4, 0.5) is 0 Å². The molecule has 24 heavy (non-hydrogen) atoms. The van der Waals surface area contributed by atoms with E-state index in [0.29, 0.717) is 10.8 Å². The van der Waals surface area contributed by atoms with E-state index in [0.717, 1.165) is 57.3 Å². The smallest absolute Gasteiger partial charge is 0.243 e. The number of benzene rings is 1. The monoisotopic (exact) mass is 372 g/mol. The highest BCUT2D eigenvalue weighted by Crippen LogP contribution is 2.23. The van der Waals surface area contributed by atoms with Gasteiger partial charge in [0.05, 0.1) is 4.90 Å². The lowest BCUT2D eigenvalue weighted by Crippen LogP contribution is -2.45. The van der Waals surface area contributed by atoms with Crippen LogP contribution in [0.2, 0.25) is 0 Å². The van der Waals surface area contributed by atoms with Crippen molar-refractivity contribution in [3.8, 4) is 0 Å². The number of sulfonamides is 1. The van der Waals surface area contributed by atoms with E-state index in [1.54, 1.807) is 23.5 Å². The molecule has 1 saturated heterocycles. The molecule has 1 heterocycles. The van der Waals surface area contributed by atoms with Crippen LogP contribution in [0.25, 0.3) is 0 Å². The van der Waals surface area contributed by atoms with E-state index < -0.39 is 10.0 Å². The lowest BCUT2D eigenvalue weighted by atomic mass is 10.1. The largest absolute Gasteiger partial charge is 0.303 e. The van der Waals surface area contributed by atoms with Gasteiger partial charge in [-0.3, -0.25) is 0 Å². The molecular formula is C18H29ClN2O2S. The van der Waals surface area contributed by atoms with Gasteiger partial charge in [0.25, 0.3) is 0 Å². The molecule has 1 fully saturated rings. The lowest BCUT2D eigenvalue weighted by Gasteiger charge is -2.36. The highest BCUT2D eigenvalue weighted by atomic mass is 35.5. The molecule has 136 valence electrons. The average molecular weight is 373 g/mol. The van der Waals surface area contributed by atoms with Gasteiger partial charge >= 0.3 is 0 Å². The summed E-state index contributed by atoms with van der Waals surface area (Å²) in [6, 6.07) is 7.34. The number of aryl methyl sites for hydroxylation is 1. The van der Waals surface area contributed by atoms with Crippen molar-refractivity contribution in [3.63, 3.8) is 0 Å². The minimum atomic E-state index is -3.42. The van der Waals surface area contributed by atoms with Crippen LogP contribution in [0.3, 0.4) is 0 Å². The summed E-state index contributed by atoms with van der Waals surface area (Å²) >= 11 is 5.71. The van der Waals surface area contributed by atoms with Gasteiger partial charge in [0.1, 0.15) is 0 Å². The molecule has 0 aromatic heterocycles. The maximum Gasteiger partial charge on any atom is 0.243 e. The third-order valence-corrected chi connectivity index (χ3v) is 7.00. The van der Waals surface area contributed by atoms with E-state index >= 15 is 0 Å². The van der Waals surface area contributed by atoms with Gasteiger partial charge in [0.2, 0.25) is 10.0 Å². The second-order valence-electron chi connectivity index (χ2n) is 6.53. The molecule has 0 saturated carbocycles. The first-order chi connectivity index (χ1) is 11.5.